The van der Waals surface area contributed by atoms with E-state index in [1.165, 1.54) is 36.6 Å². The summed E-state index contributed by atoms with van der Waals surface area (Å²) in [6.45, 7) is 0. The third-order valence-electron chi connectivity index (χ3n) is 2.52. The van der Waals surface area contributed by atoms with Crippen molar-refractivity contribution in [3.8, 4) is 5.75 Å². The molecule has 1 aromatic carbocycles. The van der Waals surface area contributed by atoms with E-state index in [1.807, 2.05) is 0 Å². The Kier molecular flexibility index (Phi) is 4.26. The number of carbonyl (C=O) groups excluding carboxylic acids is 1. The first kappa shape index (κ1) is 14.4. The van der Waals surface area contributed by atoms with Crippen LogP contribution in [0.3, 0.4) is 0 Å². The van der Waals surface area contributed by atoms with Crippen LogP contribution in [-0.2, 0) is 0 Å². The molecule has 2 aromatic rings. The molecule has 0 saturated heterocycles. The van der Waals surface area contributed by atoms with Crippen LogP contribution in [0.5, 0.6) is 5.75 Å². The number of halogens is 1. The van der Waals surface area contributed by atoms with Gasteiger partial charge in [0.15, 0.2) is 0 Å². The van der Waals surface area contributed by atoms with Crippen molar-refractivity contribution < 1.29 is 19.4 Å². The Morgan fingerprint density at radius 3 is 2.75 bits per heavy atom. The number of anilines is 1. The highest BCUT2D eigenvalue weighted by Gasteiger charge is 2.17. The lowest BCUT2D eigenvalue weighted by Crippen LogP contribution is -2.14. The molecular weight excluding hydrogens is 302 g/mol. The summed E-state index contributed by atoms with van der Waals surface area (Å²) in [5, 5.41) is 13.5. The van der Waals surface area contributed by atoms with Crippen LogP contribution in [-0.4, -0.2) is 24.1 Å². The Morgan fingerprint density at radius 1 is 1.40 bits per heavy atom. The van der Waals surface area contributed by atoms with Crippen LogP contribution < -0.4 is 10.1 Å². The zero-order valence-electron chi connectivity index (χ0n) is 10.3. The van der Waals surface area contributed by atoms with Crippen molar-refractivity contribution in [3.05, 3.63) is 45.1 Å². The topological polar surface area (TPSA) is 75.6 Å². The van der Waals surface area contributed by atoms with Crippen LogP contribution >= 0.6 is 22.9 Å². The highest BCUT2D eigenvalue weighted by atomic mass is 35.5. The van der Waals surface area contributed by atoms with Crippen molar-refractivity contribution in [1.82, 2.24) is 0 Å². The molecule has 0 aliphatic heterocycles. The Morgan fingerprint density at radius 2 is 2.15 bits per heavy atom. The number of carboxylic acid groups (broad SMARTS) is 1. The molecule has 0 fully saturated rings. The number of aromatic carboxylic acids is 1. The standard InChI is InChI=1S/C13H10ClNO4S/c1-19-7-5-10(20-6-7)12(16)15-11-8(13(17)18)3-2-4-9(11)14/h2-6H,1H3,(H,15,16)(H,17,18). The SMILES string of the molecule is COc1csc(C(=O)Nc2c(Cl)cccc2C(=O)O)c1. The monoisotopic (exact) mass is 311 g/mol. The molecule has 1 amide bonds. The highest BCUT2D eigenvalue weighted by Crippen LogP contribution is 2.28. The average molecular weight is 312 g/mol. The summed E-state index contributed by atoms with van der Waals surface area (Å²) in [6, 6.07) is 5.96. The van der Waals surface area contributed by atoms with Crippen molar-refractivity contribution in [1.29, 1.82) is 0 Å². The number of nitrogens with one attached hydrogen (secondary N) is 1. The first-order valence-corrected chi connectivity index (χ1v) is 6.74. The maximum atomic E-state index is 12.1. The number of carbonyl (C=O) groups is 2. The van der Waals surface area contributed by atoms with Gasteiger partial charge < -0.3 is 15.2 Å². The average Bonchev–Trinajstić information content (AvgIpc) is 2.89. The smallest absolute Gasteiger partial charge is 0.337 e. The zero-order chi connectivity index (χ0) is 14.7. The second-order valence-corrected chi connectivity index (χ2v) is 5.09. The molecule has 5 nitrogen and oxygen atoms in total. The number of hydrogen-bond donors (Lipinski definition) is 2. The molecule has 1 aromatic heterocycles. The fourth-order valence-electron chi connectivity index (χ4n) is 1.55. The van der Waals surface area contributed by atoms with Gasteiger partial charge in [-0.05, 0) is 12.1 Å². The molecule has 7 heteroatoms. The van der Waals surface area contributed by atoms with E-state index in [1.54, 1.807) is 11.4 Å². The molecule has 0 aliphatic rings. The van der Waals surface area contributed by atoms with E-state index >= 15 is 0 Å². The van der Waals surface area contributed by atoms with Crippen molar-refractivity contribution in [2.75, 3.05) is 12.4 Å². The molecule has 1 heterocycles. The van der Waals surface area contributed by atoms with Gasteiger partial charge in [0.05, 0.1) is 28.3 Å². The molecule has 0 saturated carbocycles. The quantitative estimate of drug-likeness (QED) is 0.907. The highest BCUT2D eigenvalue weighted by molar-refractivity contribution is 7.12. The van der Waals surface area contributed by atoms with Crippen molar-refractivity contribution in [2.24, 2.45) is 0 Å². The molecule has 0 spiro atoms. The number of methoxy groups -OCH3 is 1. The maximum Gasteiger partial charge on any atom is 0.337 e. The van der Waals surface area contributed by atoms with E-state index in [2.05, 4.69) is 5.32 Å². The minimum atomic E-state index is -1.16. The van der Waals surface area contributed by atoms with Crippen LogP contribution in [0.15, 0.2) is 29.6 Å². The minimum Gasteiger partial charge on any atom is -0.496 e. The molecule has 0 unspecified atom stereocenters. The molecular formula is C13H10ClNO4S. The summed E-state index contributed by atoms with van der Waals surface area (Å²) in [5.41, 5.74) is 0.0217. The van der Waals surface area contributed by atoms with Gasteiger partial charge in [-0.15, -0.1) is 11.3 Å². The van der Waals surface area contributed by atoms with E-state index in [9.17, 15) is 9.59 Å². The lowest BCUT2D eigenvalue weighted by Gasteiger charge is -2.09. The van der Waals surface area contributed by atoms with E-state index in [0.29, 0.717) is 10.6 Å². The Hall–Kier alpha value is -2.05. The zero-order valence-corrected chi connectivity index (χ0v) is 11.9. The van der Waals surface area contributed by atoms with Gasteiger partial charge in [0.2, 0.25) is 0 Å². The first-order valence-electron chi connectivity index (χ1n) is 5.48. The van der Waals surface area contributed by atoms with Gasteiger partial charge in [0.1, 0.15) is 5.75 Å². The predicted octanol–water partition coefficient (Wildman–Crippen LogP) is 3.36. The summed E-state index contributed by atoms with van der Waals surface area (Å²) >= 11 is 7.13. The van der Waals surface area contributed by atoms with Gasteiger partial charge in [-0.1, -0.05) is 17.7 Å². The number of rotatable bonds is 4. The second kappa shape index (κ2) is 5.94. The van der Waals surface area contributed by atoms with Gasteiger partial charge in [-0.2, -0.15) is 0 Å². The lowest BCUT2D eigenvalue weighted by atomic mass is 10.1. The van der Waals surface area contributed by atoms with Crippen LogP contribution in [0.2, 0.25) is 5.02 Å². The number of thiophene rings is 1. The maximum absolute atomic E-state index is 12.1. The summed E-state index contributed by atoms with van der Waals surface area (Å²) in [7, 11) is 1.50. The summed E-state index contributed by atoms with van der Waals surface area (Å²) < 4.78 is 4.99. The normalized spacial score (nSPS) is 10.1. The summed E-state index contributed by atoms with van der Waals surface area (Å²) in [5.74, 6) is -1.03. The van der Waals surface area contributed by atoms with Gasteiger partial charge in [-0.25, -0.2) is 4.79 Å². The number of ether oxygens (including phenoxy) is 1. The number of benzene rings is 1. The van der Waals surface area contributed by atoms with Crippen molar-refractivity contribution in [3.63, 3.8) is 0 Å². The molecule has 2 N–H and O–H groups in total. The molecule has 0 aliphatic carbocycles. The first-order chi connectivity index (χ1) is 9.52. The molecule has 2 rings (SSSR count). The Labute approximate surface area is 123 Å². The van der Waals surface area contributed by atoms with Crippen molar-refractivity contribution in [2.45, 2.75) is 0 Å². The number of amides is 1. The van der Waals surface area contributed by atoms with Crippen LogP contribution in [0.1, 0.15) is 20.0 Å². The molecule has 0 radical (unpaired) electrons. The van der Waals surface area contributed by atoms with E-state index < -0.39 is 11.9 Å². The van der Waals surface area contributed by atoms with Crippen molar-refractivity contribution >= 4 is 40.5 Å². The van der Waals surface area contributed by atoms with Crippen LogP contribution in [0, 0.1) is 0 Å². The number of hydrogen-bond acceptors (Lipinski definition) is 4. The second-order valence-electron chi connectivity index (χ2n) is 3.77. The summed E-state index contributed by atoms with van der Waals surface area (Å²) in [4.78, 5) is 23.6. The third-order valence-corrected chi connectivity index (χ3v) is 3.74. The van der Waals surface area contributed by atoms with Gasteiger partial charge in [0.25, 0.3) is 5.91 Å². The van der Waals surface area contributed by atoms with E-state index in [4.69, 9.17) is 21.4 Å². The Bertz CT molecular complexity index is 668. The van der Waals surface area contributed by atoms with Crippen LogP contribution in [0.4, 0.5) is 5.69 Å². The molecule has 104 valence electrons. The third kappa shape index (κ3) is 2.92. The fraction of sp³-hybridized carbons (Fsp3) is 0.0769. The minimum absolute atomic E-state index is 0.0608. The van der Waals surface area contributed by atoms with E-state index in [-0.39, 0.29) is 16.3 Å². The largest absolute Gasteiger partial charge is 0.496 e. The van der Waals surface area contributed by atoms with Crippen LogP contribution in [0.25, 0.3) is 0 Å². The number of para-hydroxylation sites is 1. The summed E-state index contributed by atoms with van der Waals surface area (Å²) in [6.07, 6.45) is 0. The fourth-order valence-corrected chi connectivity index (χ4v) is 2.52. The predicted molar refractivity (Wildman–Crippen MR) is 77.2 cm³/mol. The lowest BCUT2D eigenvalue weighted by molar-refractivity contribution is 0.0698. The van der Waals surface area contributed by atoms with Gasteiger partial charge >= 0.3 is 5.97 Å². The van der Waals surface area contributed by atoms with E-state index in [0.717, 1.165) is 0 Å². The number of carboxylic acids is 1. The molecule has 0 atom stereocenters. The Balaban J connectivity index is 2.30. The molecule has 0 bridgehead atoms. The van der Waals surface area contributed by atoms with Gasteiger partial charge in [-0.3, -0.25) is 4.79 Å². The molecule has 20 heavy (non-hydrogen) atoms. The van der Waals surface area contributed by atoms with Gasteiger partial charge in [0, 0.05) is 11.4 Å².